The summed E-state index contributed by atoms with van der Waals surface area (Å²) in [6.45, 7) is 1.97. The molecule has 0 aliphatic rings. The van der Waals surface area contributed by atoms with E-state index >= 15 is 0 Å². The van der Waals surface area contributed by atoms with Crippen LogP contribution in [0.3, 0.4) is 0 Å². The summed E-state index contributed by atoms with van der Waals surface area (Å²) in [6, 6.07) is 19.5. The van der Waals surface area contributed by atoms with Crippen molar-refractivity contribution < 1.29 is 9.32 Å². The molecule has 0 fully saturated rings. The maximum atomic E-state index is 12.1. The fraction of sp³-hybridized carbons (Fsp3) is 0.211. The number of hydrogen-bond donors (Lipinski definition) is 1. The highest BCUT2D eigenvalue weighted by molar-refractivity contribution is 5.76. The Morgan fingerprint density at radius 1 is 1.08 bits per heavy atom. The van der Waals surface area contributed by atoms with E-state index in [1.54, 1.807) is 0 Å². The van der Waals surface area contributed by atoms with E-state index in [9.17, 15) is 4.79 Å². The van der Waals surface area contributed by atoms with Gasteiger partial charge in [-0.3, -0.25) is 4.79 Å². The molecule has 24 heavy (non-hydrogen) atoms. The molecule has 0 aliphatic carbocycles. The minimum absolute atomic E-state index is 0.0266. The summed E-state index contributed by atoms with van der Waals surface area (Å²) in [5, 5.41) is 6.93. The molecule has 0 saturated carbocycles. The predicted molar refractivity (Wildman–Crippen MR) is 91.1 cm³/mol. The number of carbonyl (C=O) groups excluding carboxylic acids is 1. The second kappa shape index (κ2) is 7.55. The third kappa shape index (κ3) is 4.07. The van der Waals surface area contributed by atoms with Gasteiger partial charge in [0.05, 0.1) is 6.04 Å². The van der Waals surface area contributed by atoms with Gasteiger partial charge >= 0.3 is 0 Å². The van der Waals surface area contributed by atoms with Gasteiger partial charge in [0.25, 0.3) is 0 Å². The van der Waals surface area contributed by atoms with E-state index in [0.717, 1.165) is 11.1 Å². The van der Waals surface area contributed by atoms with Crippen LogP contribution in [0.25, 0.3) is 11.4 Å². The molecule has 0 spiro atoms. The summed E-state index contributed by atoms with van der Waals surface area (Å²) >= 11 is 0. The summed E-state index contributed by atoms with van der Waals surface area (Å²) in [4.78, 5) is 16.4. The number of aromatic nitrogens is 2. The highest BCUT2D eigenvalue weighted by Crippen LogP contribution is 2.16. The van der Waals surface area contributed by atoms with Crippen LogP contribution in [0, 0.1) is 0 Å². The van der Waals surface area contributed by atoms with Crippen LogP contribution in [0.2, 0.25) is 0 Å². The zero-order valence-corrected chi connectivity index (χ0v) is 13.5. The van der Waals surface area contributed by atoms with E-state index in [1.165, 1.54) is 0 Å². The summed E-state index contributed by atoms with van der Waals surface area (Å²) < 4.78 is 5.22. The largest absolute Gasteiger partial charge is 0.350 e. The molecule has 122 valence electrons. The van der Waals surface area contributed by atoms with Gasteiger partial charge in [0, 0.05) is 18.4 Å². The van der Waals surface area contributed by atoms with E-state index < -0.39 is 0 Å². The smallest absolute Gasteiger partial charge is 0.227 e. The van der Waals surface area contributed by atoms with Gasteiger partial charge in [-0.05, 0) is 12.5 Å². The highest BCUT2D eigenvalue weighted by atomic mass is 16.5. The molecular formula is C19H19N3O2. The molecule has 0 saturated heterocycles. The van der Waals surface area contributed by atoms with Crippen LogP contribution in [0.5, 0.6) is 0 Å². The predicted octanol–water partition coefficient (Wildman–Crippen LogP) is 3.55. The molecule has 3 aromatic rings. The second-order valence-corrected chi connectivity index (χ2v) is 5.58. The van der Waals surface area contributed by atoms with Crippen molar-refractivity contribution in [3.05, 3.63) is 72.1 Å². The number of hydrogen-bond acceptors (Lipinski definition) is 4. The summed E-state index contributed by atoms with van der Waals surface area (Å²) in [7, 11) is 0. The number of aryl methyl sites for hydroxylation is 1. The van der Waals surface area contributed by atoms with Crippen molar-refractivity contribution in [2.24, 2.45) is 0 Å². The Hall–Kier alpha value is -2.95. The minimum Gasteiger partial charge on any atom is -0.350 e. The quantitative estimate of drug-likeness (QED) is 0.754. The maximum absolute atomic E-state index is 12.1. The third-order valence-electron chi connectivity index (χ3n) is 3.74. The van der Waals surface area contributed by atoms with E-state index in [-0.39, 0.29) is 11.9 Å². The lowest BCUT2D eigenvalue weighted by molar-refractivity contribution is -0.121. The molecule has 1 heterocycles. The molecule has 1 atom stereocenters. The number of carbonyl (C=O) groups is 1. The Kier molecular flexibility index (Phi) is 5.01. The van der Waals surface area contributed by atoms with Gasteiger partial charge in [0.2, 0.25) is 17.6 Å². The number of nitrogens with zero attached hydrogens (tertiary/aromatic N) is 2. The number of rotatable bonds is 6. The fourth-order valence-electron chi connectivity index (χ4n) is 2.42. The van der Waals surface area contributed by atoms with E-state index in [2.05, 4.69) is 15.5 Å². The van der Waals surface area contributed by atoms with E-state index in [0.29, 0.717) is 24.6 Å². The monoisotopic (exact) mass is 321 g/mol. The molecule has 3 rings (SSSR count). The highest BCUT2D eigenvalue weighted by Gasteiger charge is 2.12. The molecule has 1 N–H and O–H groups in total. The summed E-state index contributed by atoms with van der Waals surface area (Å²) in [5.41, 5.74) is 1.98. The summed E-state index contributed by atoms with van der Waals surface area (Å²) in [6.07, 6.45) is 0.737. The Morgan fingerprint density at radius 2 is 1.75 bits per heavy atom. The summed E-state index contributed by atoms with van der Waals surface area (Å²) in [5.74, 6) is 0.978. The van der Waals surface area contributed by atoms with Gasteiger partial charge in [-0.2, -0.15) is 4.98 Å². The zero-order valence-electron chi connectivity index (χ0n) is 13.5. The molecule has 2 aromatic carbocycles. The van der Waals surface area contributed by atoms with Gasteiger partial charge in [0.1, 0.15) is 0 Å². The van der Waals surface area contributed by atoms with Crippen molar-refractivity contribution in [1.82, 2.24) is 15.5 Å². The Morgan fingerprint density at radius 3 is 2.46 bits per heavy atom. The molecule has 0 aliphatic heterocycles. The number of nitrogens with one attached hydrogen (secondary N) is 1. The molecule has 5 heteroatoms. The molecule has 5 nitrogen and oxygen atoms in total. The van der Waals surface area contributed by atoms with Crippen molar-refractivity contribution in [1.29, 1.82) is 0 Å². The van der Waals surface area contributed by atoms with Crippen molar-refractivity contribution in [2.75, 3.05) is 0 Å². The van der Waals surface area contributed by atoms with Gasteiger partial charge in [-0.15, -0.1) is 0 Å². The van der Waals surface area contributed by atoms with Crippen molar-refractivity contribution in [3.63, 3.8) is 0 Å². The zero-order chi connectivity index (χ0) is 16.8. The van der Waals surface area contributed by atoms with Crippen LogP contribution >= 0.6 is 0 Å². The van der Waals surface area contributed by atoms with Crippen LogP contribution in [-0.4, -0.2) is 16.0 Å². The fourth-order valence-corrected chi connectivity index (χ4v) is 2.42. The topological polar surface area (TPSA) is 68.0 Å². The van der Waals surface area contributed by atoms with Gasteiger partial charge in [-0.1, -0.05) is 65.8 Å². The molecule has 0 radical (unpaired) electrons. The minimum atomic E-state index is -0.0363. The van der Waals surface area contributed by atoms with Crippen LogP contribution in [0.1, 0.15) is 30.8 Å². The first-order chi connectivity index (χ1) is 11.7. The van der Waals surface area contributed by atoms with Crippen LogP contribution in [-0.2, 0) is 11.2 Å². The van der Waals surface area contributed by atoms with Gasteiger partial charge < -0.3 is 9.84 Å². The van der Waals surface area contributed by atoms with Gasteiger partial charge in [-0.25, -0.2) is 0 Å². The second-order valence-electron chi connectivity index (χ2n) is 5.58. The molecule has 0 bridgehead atoms. The average Bonchev–Trinajstić information content (AvgIpc) is 3.10. The SMILES string of the molecule is C[C@@H](NC(=O)CCc1nc(-c2ccccc2)no1)c1ccccc1. The standard InChI is InChI=1S/C19H19N3O2/c1-14(15-8-4-2-5-9-15)20-17(23)12-13-18-21-19(22-24-18)16-10-6-3-7-11-16/h2-11,14H,12-13H2,1H3,(H,20,23)/t14-/m1/s1. The average molecular weight is 321 g/mol. The van der Waals surface area contributed by atoms with E-state index in [4.69, 9.17) is 4.52 Å². The van der Waals surface area contributed by atoms with Crippen LogP contribution in [0.4, 0.5) is 0 Å². The normalized spacial score (nSPS) is 11.9. The third-order valence-corrected chi connectivity index (χ3v) is 3.74. The molecule has 0 unspecified atom stereocenters. The molecule has 1 amide bonds. The lowest BCUT2D eigenvalue weighted by Gasteiger charge is -2.13. The number of benzene rings is 2. The Balaban J connectivity index is 1.53. The van der Waals surface area contributed by atoms with Gasteiger partial charge in [0.15, 0.2) is 0 Å². The first-order valence-corrected chi connectivity index (χ1v) is 7.94. The first-order valence-electron chi connectivity index (χ1n) is 7.94. The van der Waals surface area contributed by atoms with Crippen molar-refractivity contribution in [2.45, 2.75) is 25.8 Å². The Bertz CT molecular complexity index is 785. The van der Waals surface area contributed by atoms with Crippen molar-refractivity contribution in [3.8, 4) is 11.4 Å². The van der Waals surface area contributed by atoms with Crippen LogP contribution < -0.4 is 5.32 Å². The van der Waals surface area contributed by atoms with Crippen LogP contribution in [0.15, 0.2) is 65.2 Å². The lowest BCUT2D eigenvalue weighted by atomic mass is 10.1. The maximum Gasteiger partial charge on any atom is 0.227 e. The Labute approximate surface area is 140 Å². The van der Waals surface area contributed by atoms with Crippen molar-refractivity contribution >= 4 is 5.91 Å². The lowest BCUT2D eigenvalue weighted by Crippen LogP contribution is -2.26. The molecular weight excluding hydrogens is 302 g/mol. The number of amides is 1. The van der Waals surface area contributed by atoms with E-state index in [1.807, 2.05) is 67.6 Å². The molecule has 1 aromatic heterocycles. The first kappa shape index (κ1) is 15.9.